The fourth-order valence-electron chi connectivity index (χ4n) is 7.32. The number of hydrogen-bond acceptors (Lipinski definition) is 1. The van der Waals surface area contributed by atoms with Gasteiger partial charge in [-0.05, 0) is 41.8 Å². The van der Waals surface area contributed by atoms with Crippen molar-refractivity contribution in [2.75, 3.05) is 0 Å². The van der Waals surface area contributed by atoms with Crippen LogP contribution in [-0.2, 0) is 0 Å². The van der Waals surface area contributed by atoms with Crippen LogP contribution >= 0.6 is 11.3 Å². The fraction of sp³-hybridized carbons (Fsp3) is 0. The van der Waals surface area contributed by atoms with E-state index in [1.54, 1.807) is 0 Å². The van der Waals surface area contributed by atoms with Crippen molar-refractivity contribution in [3.63, 3.8) is 0 Å². The lowest BCUT2D eigenvalue weighted by Gasteiger charge is -2.12. The topological polar surface area (TPSA) is 9.86 Å². The highest BCUT2D eigenvalue weighted by molar-refractivity contribution is 7.26. The minimum absolute atomic E-state index is 1.19. The van der Waals surface area contributed by atoms with Gasteiger partial charge in [-0.3, -0.25) is 0 Å². The number of nitrogens with zero attached hydrogens (tertiary/aromatic N) is 2. The molecular formula is C40H24N2S. The van der Waals surface area contributed by atoms with Gasteiger partial charge >= 0.3 is 0 Å². The molecule has 3 heteroatoms. The summed E-state index contributed by atoms with van der Waals surface area (Å²) in [5.74, 6) is 0. The molecule has 200 valence electrons. The summed E-state index contributed by atoms with van der Waals surface area (Å²) in [6.07, 6.45) is 0. The third kappa shape index (κ3) is 3.07. The molecule has 0 fully saturated rings. The SMILES string of the molecule is c1ccc(-n2c3ccccc3c3ccc4sc5c(ccc6c7ccccc7n(-c7cccc8ccccc78)c65)c4c32)cc1. The van der Waals surface area contributed by atoms with Crippen molar-refractivity contribution < 1.29 is 0 Å². The van der Waals surface area contributed by atoms with Crippen molar-refractivity contribution in [1.29, 1.82) is 0 Å². The second-order valence-electron chi connectivity index (χ2n) is 11.3. The molecule has 0 spiro atoms. The zero-order chi connectivity index (χ0) is 28.1. The summed E-state index contributed by atoms with van der Waals surface area (Å²) in [7, 11) is 0. The van der Waals surface area contributed by atoms with Crippen molar-refractivity contribution >= 4 is 85.9 Å². The van der Waals surface area contributed by atoms with E-state index in [2.05, 4.69) is 155 Å². The van der Waals surface area contributed by atoms with Crippen molar-refractivity contribution in [1.82, 2.24) is 9.13 Å². The third-order valence-corrected chi connectivity index (χ3v) is 10.3. The van der Waals surface area contributed by atoms with Crippen LogP contribution in [0.1, 0.15) is 0 Å². The number of rotatable bonds is 2. The highest BCUT2D eigenvalue weighted by Gasteiger charge is 2.22. The molecule has 0 bridgehead atoms. The minimum atomic E-state index is 1.19. The molecule has 3 heterocycles. The predicted octanol–water partition coefficient (Wildman–Crippen LogP) is 11.4. The Labute approximate surface area is 251 Å². The molecule has 2 nitrogen and oxygen atoms in total. The maximum Gasteiger partial charge on any atom is 0.0720 e. The van der Waals surface area contributed by atoms with Crippen molar-refractivity contribution in [2.45, 2.75) is 0 Å². The molecule has 0 aliphatic heterocycles. The number of aromatic nitrogens is 2. The van der Waals surface area contributed by atoms with E-state index in [0.29, 0.717) is 0 Å². The van der Waals surface area contributed by atoms with E-state index in [1.807, 2.05) is 11.3 Å². The van der Waals surface area contributed by atoms with Gasteiger partial charge in [0.25, 0.3) is 0 Å². The number of fused-ring (bicyclic) bond motifs is 12. The molecule has 0 aliphatic rings. The zero-order valence-corrected chi connectivity index (χ0v) is 24.0. The van der Waals surface area contributed by atoms with Crippen LogP contribution in [0.5, 0.6) is 0 Å². The zero-order valence-electron chi connectivity index (χ0n) is 23.2. The van der Waals surface area contributed by atoms with E-state index in [9.17, 15) is 0 Å². The first kappa shape index (κ1) is 23.2. The molecule has 0 N–H and O–H groups in total. The smallest absolute Gasteiger partial charge is 0.0720 e. The molecule has 43 heavy (non-hydrogen) atoms. The Balaban J connectivity index is 1.43. The average molecular weight is 565 g/mol. The van der Waals surface area contributed by atoms with Gasteiger partial charge in [0.2, 0.25) is 0 Å². The van der Waals surface area contributed by atoms with Crippen molar-refractivity contribution in [2.24, 2.45) is 0 Å². The second-order valence-corrected chi connectivity index (χ2v) is 12.4. The van der Waals surface area contributed by atoms with Crippen molar-refractivity contribution in [3.8, 4) is 11.4 Å². The van der Waals surface area contributed by atoms with E-state index in [1.165, 1.54) is 85.9 Å². The highest BCUT2D eigenvalue weighted by Crippen LogP contribution is 2.47. The van der Waals surface area contributed by atoms with Crippen LogP contribution < -0.4 is 0 Å². The number of para-hydroxylation sites is 3. The summed E-state index contributed by atoms with van der Waals surface area (Å²) >= 11 is 1.92. The van der Waals surface area contributed by atoms with E-state index in [0.717, 1.165) is 0 Å². The summed E-state index contributed by atoms with van der Waals surface area (Å²) in [5, 5.41) is 10.3. The van der Waals surface area contributed by atoms with Crippen LogP contribution in [-0.4, -0.2) is 9.13 Å². The first-order valence-electron chi connectivity index (χ1n) is 14.7. The summed E-state index contributed by atoms with van der Waals surface area (Å²) in [6.45, 7) is 0. The Bertz CT molecular complexity index is 2720. The first-order valence-corrected chi connectivity index (χ1v) is 15.5. The van der Waals surface area contributed by atoms with Crippen LogP contribution in [0.2, 0.25) is 0 Å². The normalized spacial score (nSPS) is 12.2. The quantitative estimate of drug-likeness (QED) is 0.198. The molecule has 7 aromatic carbocycles. The third-order valence-electron chi connectivity index (χ3n) is 9.09. The van der Waals surface area contributed by atoms with Gasteiger partial charge < -0.3 is 9.13 Å². The van der Waals surface area contributed by atoms with Crippen molar-refractivity contribution in [3.05, 3.63) is 146 Å². The van der Waals surface area contributed by atoms with Gasteiger partial charge in [-0.15, -0.1) is 11.3 Å². The summed E-state index contributed by atoms with van der Waals surface area (Å²) in [5.41, 5.74) is 7.45. The average Bonchev–Trinajstić information content (AvgIpc) is 3.72. The Kier molecular flexibility index (Phi) is 4.63. The lowest BCUT2D eigenvalue weighted by atomic mass is 10.1. The Morgan fingerprint density at radius 2 is 1.00 bits per heavy atom. The lowest BCUT2D eigenvalue weighted by molar-refractivity contribution is 1.19. The lowest BCUT2D eigenvalue weighted by Crippen LogP contribution is -1.95. The first-order chi connectivity index (χ1) is 21.4. The number of benzene rings is 7. The molecule has 0 unspecified atom stereocenters. The summed E-state index contributed by atoms with van der Waals surface area (Å²) < 4.78 is 7.61. The molecule has 0 radical (unpaired) electrons. The van der Waals surface area contributed by atoms with E-state index >= 15 is 0 Å². The van der Waals surface area contributed by atoms with E-state index < -0.39 is 0 Å². The maximum atomic E-state index is 2.51. The molecule has 10 rings (SSSR count). The van der Waals surface area contributed by atoms with Gasteiger partial charge in [-0.2, -0.15) is 0 Å². The van der Waals surface area contributed by atoms with Gasteiger partial charge in [0.15, 0.2) is 0 Å². The second kappa shape index (κ2) is 8.57. The Hall–Kier alpha value is -5.38. The number of thiophene rings is 1. The molecule has 0 saturated carbocycles. The maximum absolute atomic E-state index is 2.51. The molecule has 0 saturated heterocycles. The molecule has 3 aromatic heterocycles. The Morgan fingerprint density at radius 3 is 1.81 bits per heavy atom. The standard InChI is InChI=1S/C40H24N2S/c1-2-13-26(14-3-1)41-34-18-8-6-16-28(34)30-23-24-36-37(38(30)41)32-22-21-31-29-17-7-9-19-35(29)42(39(31)40(32)43-36)33-20-10-12-25-11-4-5-15-27(25)33/h1-24H. The monoisotopic (exact) mass is 564 g/mol. The van der Waals surface area contributed by atoms with Gasteiger partial charge in [0.05, 0.1) is 32.5 Å². The van der Waals surface area contributed by atoms with Gasteiger partial charge in [-0.1, -0.05) is 109 Å². The highest BCUT2D eigenvalue weighted by atomic mass is 32.1. The molecule has 0 aliphatic carbocycles. The Morgan fingerprint density at radius 1 is 0.395 bits per heavy atom. The van der Waals surface area contributed by atoms with Crippen LogP contribution in [0, 0.1) is 0 Å². The molecule has 0 atom stereocenters. The largest absolute Gasteiger partial charge is 0.309 e. The summed E-state index contributed by atoms with van der Waals surface area (Å²) in [4.78, 5) is 0. The summed E-state index contributed by atoms with van der Waals surface area (Å²) in [6, 6.07) is 53.2. The van der Waals surface area contributed by atoms with Crippen LogP contribution in [0.3, 0.4) is 0 Å². The van der Waals surface area contributed by atoms with Gasteiger partial charge in [-0.25, -0.2) is 0 Å². The van der Waals surface area contributed by atoms with Crippen LogP contribution in [0.4, 0.5) is 0 Å². The van der Waals surface area contributed by atoms with Crippen LogP contribution in [0.25, 0.3) is 85.9 Å². The molecule has 10 aromatic rings. The number of hydrogen-bond donors (Lipinski definition) is 0. The van der Waals surface area contributed by atoms with E-state index in [4.69, 9.17) is 0 Å². The fourth-order valence-corrected chi connectivity index (χ4v) is 8.56. The molecule has 0 amide bonds. The van der Waals surface area contributed by atoms with Gasteiger partial charge in [0, 0.05) is 48.1 Å². The van der Waals surface area contributed by atoms with Gasteiger partial charge in [0.1, 0.15) is 0 Å². The minimum Gasteiger partial charge on any atom is -0.309 e. The predicted molar refractivity (Wildman–Crippen MR) is 186 cm³/mol. The van der Waals surface area contributed by atoms with E-state index in [-0.39, 0.29) is 0 Å². The molecular weight excluding hydrogens is 541 g/mol. The van der Waals surface area contributed by atoms with Crippen LogP contribution in [0.15, 0.2) is 146 Å².